The van der Waals surface area contributed by atoms with Gasteiger partial charge in [-0.05, 0) is 67.6 Å². The van der Waals surface area contributed by atoms with Crippen LogP contribution in [0.3, 0.4) is 0 Å². The van der Waals surface area contributed by atoms with Crippen LogP contribution in [0.25, 0.3) is 11.0 Å². The summed E-state index contributed by atoms with van der Waals surface area (Å²) in [7, 11) is 1.39. The number of fused-ring (bicyclic) bond motifs is 1. The predicted molar refractivity (Wildman–Crippen MR) is 127 cm³/mol. The molecule has 4 heteroatoms. The lowest BCUT2D eigenvalue weighted by Gasteiger charge is -2.43. The third kappa shape index (κ3) is 4.43. The second kappa shape index (κ2) is 10.4. The summed E-state index contributed by atoms with van der Waals surface area (Å²) in [6.45, 7) is 11.8. The van der Waals surface area contributed by atoms with Crippen LogP contribution in [-0.2, 0) is 10.2 Å². The van der Waals surface area contributed by atoms with Crippen molar-refractivity contribution >= 4 is 16.9 Å². The zero-order valence-corrected chi connectivity index (χ0v) is 19.8. The Labute approximate surface area is 185 Å². The van der Waals surface area contributed by atoms with E-state index < -0.39 is 0 Å². The largest absolute Gasteiger partial charge is 0.465 e. The highest BCUT2D eigenvalue weighted by atomic mass is 16.5. The zero-order valence-electron chi connectivity index (χ0n) is 19.8. The molecule has 1 saturated carbocycles. The van der Waals surface area contributed by atoms with Gasteiger partial charge in [0, 0.05) is 16.4 Å². The van der Waals surface area contributed by atoms with E-state index in [4.69, 9.17) is 9.15 Å². The van der Waals surface area contributed by atoms with Crippen LogP contribution in [0.5, 0.6) is 0 Å². The summed E-state index contributed by atoms with van der Waals surface area (Å²) in [4.78, 5) is 23.6. The molecule has 0 atom stereocenters. The number of ether oxygens (including phenoxy) is 1. The Kier molecular flexibility index (Phi) is 8.21. The number of esters is 1. The van der Waals surface area contributed by atoms with Gasteiger partial charge in [-0.15, -0.1) is 0 Å². The summed E-state index contributed by atoms with van der Waals surface area (Å²) >= 11 is 0. The average molecular weight is 423 g/mol. The standard InChI is InChI=1S/C23H22O4.2C2H6/c1-14-15(2)21(24)27-20-10-9-18(13-19(14)20)23(11-4-12-23)17-7-5-16(6-8-17)22(25)26-3;2*1-2/h5-10,13H,4,11-12H2,1-3H3;2*1-2H3. The molecular weight excluding hydrogens is 388 g/mol. The van der Waals surface area contributed by atoms with E-state index in [-0.39, 0.29) is 17.0 Å². The minimum atomic E-state index is -0.323. The Hall–Kier alpha value is -2.88. The van der Waals surface area contributed by atoms with E-state index in [1.165, 1.54) is 24.7 Å². The molecule has 0 radical (unpaired) electrons. The summed E-state index contributed by atoms with van der Waals surface area (Å²) in [5, 5.41) is 0.988. The molecule has 0 N–H and O–H groups in total. The lowest BCUT2D eigenvalue weighted by atomic mass is 9.60. The van der Waals surface area contributed by atoms with E-state index in [9.17, 15) is 9.59 Å². The lowest BCUT2D eigenvalue weighted by molar-refractivity contribution is 0.0600. The predicted octanol–water partition coefficient (Wildman–Crippen LogP) is 6.72. The molecule has 1 aliphatic rings. The first-order chi connectivity index (χ1) is 15.0. The normalized spacial score (nSPS) is 13.8. The third-order valence-corrected chi connectivity index (χ3v) is 6.07. The smallest absolute Gasteiger partial charge is 0.339 e. The molecule has 4 rings (SSSR count). The van der Waals surface area contributed by atoms with Crippen molar-refractivity contribution in [3.8, 4) is 0 Å². The molecule has 31 heavy (non-hydrogen) atoms. The summed E-state index contributed by atoms with van der Waals surface area (Å²) in [6, 6.07) is 13.8. The summed E-state index contributed by atoms with van der Waals surface area (Å²) in [6.07, 6.45) is 3.29. The molecule has 0 saturated heterocycles. The van der Waals surface area contributed by atoms with Gasteiger partial charge >= 0.3 is 11.6 Å². The first-order valence-electron chi connectivity index (χ1n) is 11.2. The van der Waals surface area contributed by atoms with Crippen molar-refractivity contribution in [3.05, 3.63) is 80.7 Å². The summed E-state index contributed by atoms with van der Waals surface area (Å²) in [5.41, 5.74) is 4.91. The number of carbonyl (C=O) groups excluding carboxylic acids is 1. The minimum absolute atomic E-state index is 0.0562. The van der Waals surface area contributed by atoms with Crippen molar-refractivity contribution < 1.29 is 13.9 Å². The van der Waals surface area contributed by atoms with Gasteiger partial charge in [0.25, 0.3) is 0 Å². The number of hydrogen-bond donors (Lipinski definition) is 0. The van der Waals surface area contributed by atoms with Gasteiger partial charge in [-0.3, -0.25) is 0 Å². The van der Waals surface area contributed by atoms with Crippen LogP contribution in [-0.4, -0.2) is 13.1 Å². The Morgan fingerprint density at radius 1 is 0.903 bits per heavy atom. The maximum absolute atomic E-state index is 11.9. The third-order valence-electron chi connectivity index (χ3n) is 6.07. The fourth-order valence-electron chi connectivity index (χ4n) is 4.06. The van der Waals surface area contributed by atoms with Crippen LogP contribution in [0.15, 0.2) is 51.7 Å². The van der Waals surface area contributed by atoms with Crippen molar-refractivity contribution in [3.63, 3.8) is 0 Å². The van der Waals surface area contributed by atoms with Crippen LogP contribution in [0, 0.1) is 13.8 Å². The van der Waals surface area contributed by atoms with Gasteiger partial charge in [-0.25, -0.2) is 9.59 Å². The fourth-order valence-corrected chi connectivity index (χ4v) is 4.06. The molecule has 1 fully saturated rings. The Morgan fingerprint density at radius 3 is 2.00 bits per heavy atom. The highest BCUT2D eigenvalue weighted by molar-refractivity contribution is 5.89. The van der Waals surface area contributed by atoms with E-state index in [1.807, 2.05) is 65.0 Å². The van der Waals surface area contributed by atoms with Crippen LogP contribution in [0.4, 0.5) is 0 Å². The van der Waals surface area contributed by atoms with Gasteiger partial charge in [0.15, 0.2) is 0 Å². The number of benzene rings is 2. The van der Waals surface area contributed by atoms with Gasteiger partial charge in [0.05, 0.1) is 12.7 Å². The van der Waals surface area contributed by atoms with Crippen LogP contribution in [0.1, 0.15) is 79.6 Å². The molecule has 0 unspecified atom stereocenters. The monoisotopic (exact) mass is 422 g/mol. The topological polar surface area (TPSA) is 56.5 Å². The van der Waals surface area contributed by atoms with Crippen molar-refractivity contribution in [2.75, 3.05) is 7.11 Å². The number of aryl methyl sites for hydroxylation is 1. The first kappa shape index (κ1) is 24.4. The molecular formula is C27H34O4. The van der Waals surface area contributed by atoms with Gasteiger partial charge < -0.3 is 9.15 Å². The molecule has 4 nitrogen and oxygen atoms in total. The van der Waals surface area contributed by atoms with Crippen molar-refractivity contribution in [1.29, 1.82) is 0 Å². The Morgan fingerprint density at radius 2 is 1.48 bits per heavy atom. The number of hydrogen-bond acceptors (Lipinski definition) is 4. The fraction of sp³-hybridized carbons (Fsp3) is 0.407. The summed E-state index contributed by atoms with van der Waals surface area (Å²) < 4.78 is 10.2. The SMILES string of the molecule is CC.CC.COC(=O)c1ccc(C2(c3ccc4oc(=O)c(C)c(C)c4c3)CCC2)cc1. The van der Waals surface area contributed by atoms with E-state index >= 15 is 0 Å². The van der Waals surface area contributed by atoms with E-state index in [0.29, 0.717) is 16.7 Å². The highest BCUT2D eigenvalue weighted by Gasteiger charge is 2.40. The second-order valence-corrected chi connectivity index (χ2v) is 7.36. The maximum Gasteiger partial charge on any atom is 0.339 e. The van der Waals surface area contributed by atoms with Gasteiger partial charge in [-0.1, -0.05) is 52.3 Å². The van der Waals surface area contributed by atoms with E-state index in [0.717, 1.165) is 23.8 Å². The molecule has 0 amide bonds. The molecule has 0 bridgehead atoms. The second-order valence-electron chi connectivity index (χ2n) is 7.36. The Balaban J connectivity index is 0.000000807. The van der Waals surface area contributed by atoms with E-state index in [1.54, 1.807) is 6.92 Å². The van der Waals surface area contributed by atoms with Crippen LogP contribution < -0.4 is 5.63 Å². The van der Waals surface area contributed by atoms with E-state index in [2.05, 4.69) is 12.1 Å². The number of rotatable bonds is 3. The number of methoxy groups -OCH3 is 1. The molecule has 2 aromatic carbocycles. The molecule has 1 aliphatic carbocycles. The first-order valence-corrected chi connectivity index (χ1v) is 11.2. The molecule has 166 valence electrons. The van der Waals surface area contributed by atoms with Crippen molar-refractivity contribution in [2.24, 2.45) is 0 Å². The quantitative estimate of drug-likeness (QED) is 0.347. The van der Waals surface area contributed by atoms with Crippen LogP contribution in [0.2, 0.25) is 0 Å². The van der Waals surface area contributed by atoms with Crippen molar-refractivity contribution in [1.82, 2.24) is 0 Å². The number of carbonyl (C=O) groups is 1. The maximum atomic E-state index is 11.9. The summed E-state index contributed by atoms with van der Waals surface area (Å²) in [5.74, 6) is -0.323. The average Bonchev–Trinajstić information content (AvgIpc) is 2.80. The molecule has 0 aliphatic heterocycles. The van der Waals surface area contributed by atoms with Gasteiger partial charge in [0.1, 0.15) is 5.58 Å². The molecule has 0 spiro atoms. The highest BCUT2D eigenvalue weighted by Crippen LogP contribution is 2.49. The molecule has 1 aromatic heterocycles. The minimum Gasteiger partial charge on any atom is -0.465 e. The van der Waals surface area contributed by atoms with Gasteiger partial charge in [-0.2, -0.15) is 0 Å². The zero-order chi connectivity index (χ0) is 23.2. The lowest BCUT2D eigenvalue weighted by Crippen LogP contribution is -2.35. The Bertz CT molecular complexity index is 1090. The van der Waals surface area contributed by atoms with Crippen LogP contribution >= 0.6 is 0 Å². The van der Waals surface area contributed by atoms with Gasteiger partial charge in [0.2, 0.25) is 0 Å². The molecule has 3 aromatic rings. The van der Waals surface area contributed by atoms with Crippen molar-refractivity contribution in [2.45, 2.75) is 66.2 Å². The molecule has 1 heterocycles.